The molecule has 13 heavy (non-hydrogen) atoms. The van der Waals surface area contributed by atoms with Gasteiger partial charge in [-0.1, -0.05) is 0 Å². The number of nitrogens with zero attached hydrogens (tertiary/aromatic N) is 2. The van der Waals surface area contributed by atoms with Crippen molar-refractivity contribution in [3.63, 3.8) is 0 Å². The number of methoxy groups -OCH3 is 1. The van der Waals surface area contributed by atoms with Crippen molar-refractivity contribution in [1.82, 2.24) is 4.98 Å². The van der Waals surface area contributed by atoms with Crippen LogP contribution in [0.5, 0.6) is 5.75 Å². The van der Waals surface area contributed by atoms with Gasteiger partial charge in [-0.25, -0.2) is 4.98 Å². The number of carbonyl (C=O) groups is 1. The molecular formula is C8H9N2O2S-. The SMILES string of the molecule is COc1cccnc1N(C)C(=O)[S-]. The van der Waals surface area contributed by atoms with Crippen molar-refractivity contribution in [3.05, 3.63) is 18.3 Å². The Morgan fingerprint density at radius 3 is 2.92 bits per heavy atom. The lowest BCUT2D eigenvalue weighted by molar-refractivity contribution is 0.266. The topological polar surface area (TPSA) is 42.4 Å². The Morgan fingerprint density at radius 1 is 1.69 bits per heavy atom. The van der Waals surface area contributed by atoms with E-state index in [9.17, 15) is 4.79 Å². The van der Waals surface area contributed by atoms with E-state index in [2.05, 4.69) is 17.6 Å². The quantitative estimate of drug-likeness (QED) is 0.668. The molecule has 0 fully saturated rings. The maximum atomic E-state index is 10.9. The Hall–Kier alpha value is -1.36. The molecule has 1 rings (SSSR count). The van der Waals surface area contributed by atoms with Crippen LogP contribution in [0.25, 0.3) is 0 Å². The highest BCUT2D eigenvalue weighted by molar-refractivity contribution is 7.77. The molecule has 0 unspecified atom stereocenters. The van der Waals surface area contributed by atoms with Crippen molar-refractivity contribution >= 4 is 23.7 Å². The predicted molar refractivity (Wildman–Crippen MR) is 52.0 cm³/mol. The largest absolute Gasteiger partial charge is 0.719 e. The Kier molecular flexibility index (Phi) is 3.02. The van der Waals surface area contributed by atoms with E-state index in [-0.39, 0.29) is 0 Å². The van der Waals surface area contributed by atoms with Gasteiger partial charge in [-0.2, -0.15) is 0 Å². The Bertz CT molecular complexity index is 317. The van der Waals surface area contributed by atoms with Gasteiger partial charge in [0.15, 0.2) is 11.6 Å². The van der Waals surface area contributed by atoms with Crippen LogP contribution in [0.15, 0.2) is 18.3 Å². The van der Waals surface area contributed by atoms with E-state index in [0.29, 0.717) is 11.6 Å². The first kappa shape index (κ1) is 9.73. The summed E-state index contributed by atoms with van der Waals surface area (Å²) in [6, 6.07) is 3.45. The van der Waals surface area contributed by atoms with Crippen LogP contribution in [0.1, 0.15) is 0 Å². The van der Waals surface area contributed by atoms with Crippen molar-refractivity contribution < 1.29 is 9.53 Å². The van der Waals surface area contributed by atoms with Gasteiger partial charge in [0.05, 0.1) is 7.11 Å². The van der Waals surface area contributed by atoms with Gasteiger partial charge in [0, 0.05) is 13.2 Å². The number of anilines is 1. The molecule has 0 N–H and O–H groups in total. The molecule has 0 aliphatic carbocycles. The van der Waals surface area contributed by atoms with E-state index in [1.165, 1.54) is 12.0 Å². The van der Waals surface area contributed by atoms with Gasteiger partial charge in [0.1, 0.15) is 5.24 Å². The van der Waals surface area contributed by atoms with Gasteiger partial charge in [0.25, 0.3) is 0 Å². The van der Waals surface area contributed by atoms with Gasteiger partial charge in [-0.05, 0) is 12.1 Å². The van der Waals surface area contributed by atoms with Gasteiger partial charge in [0.2, 0.25) is 0 Å². The normalized spacial score (nSPS) is 9.38. The number of hydrogen-bond donors (Lipinski definition) is 0. The third-order valence-corrected chi connectivity index (χ3v) is 1.84. The lowest BCUT2D eigenvalue weighted by Gasteiger charge is -2.21. The number of carbonyl (C=O) groups excluding carboxylic acids is 1. The second-order valence-corrected chi connectivity index (χ2v) is 2.70. The fourth-order valence-corrected chi connectivity index (χ4v) is 0.966. The molecule has 0 saturated heterocycles. The number of pyridine rings is 1. The number of ether oxygens (including phenoxy) is 1. The lowest BCUT2D eigenvalue weighted by Crippen LogP contribution is -2.23. The van der Waals surface area contributed by atoms with Crippen LogP contribution >= 0.6 is 0 Å². The average molecular weight is 197 g/mol. The molecule has 1 aromatic rings. The van der Waals surface area contributed by atoms with Crippen LogP contribution in [-0.2, 0) is 12.6 Å². The molecule has 0 atom stereocenters. The molecule has 0 bridgehead atoms. The van der Waals surface area contributed by atoms with Crippen molar-refractivity contribution in [2.45, 2.75) is 0 Å². The Labute approximate surface area is 81.9 Å². The zero-order valence-corrected chi connectivity index (χ0v) is 8.17. The van der Waals surface area contributed by atoms with E-state index < -0.39 is 5.24 Å². The number of hydrogen-bond acceptors (Lipinski definition) is 4. The van der Waals surface area contributed by atoms with Crippen molar-refractivity contribution in [1.29, 1.82) is 0 Å². The van der Waals surface area contributed by atoms with Crippen molar-refractivity contribution in [3.8, 4) is 5.75 Å². The fraction of sp³-hybridized carbons (Fsp3) is 0.250. The van der Waals surface area contributed by atoms with E-state index in [1.807, 2.05) is 0 Å². The summed E-state index contributed by atoms with van der Waals surface area (Å²) in [7, 11) is 3.07. The summed E-state index contributed by atoms with van der Waals surface area (Å²) in [5.74, 6) is 0.966. The first-order chi connectivity index (χ1) is 6.16. The predicted octanol–water partition coefficient (Wildman–Crippen LogP) is 1.19. The first-order valence-electron chi connectivity index (χ1n) is 3.60. The third-order valence-electron chi connectivity index (χ3n) is 1.56. The Balaban J connectivity index is 3.05. The minimum atomic E-state index is -0.489. The minimum absolute atomic E-state index is 0.435. The molecule has 0 spiro atoms. The molecule has 0 aliphatic rings. The molecule has 1 heterocycles. The summed E-state index contributed by atoms with van der Waals surface area (Å²) in [4.78, 5) is 16.1. The first-order valence-corrected chi connectivity index (χ1v) is 4.01. The smallest absolute Gasteiger partial charge is 0.176 e. The number of amides is 1. The highest BCUT2D eigenvalue weighted by Gasteiger charge is 2.08. The van der Waals surface area contributed by atoms with Crippen LogP contribution in [0.3, 0.4) is 0 Å². The van der Waals surface area contributed by atoms with E-state index in [4.69, 9.17) is 4.74 Å². The molecule has 1 amide bonds. The lowest BCUT2D eigenvalue weighted by atomic mass is 10.4. The molecule has 70 valence electrons. The highest BCUT2D eigenvalue weighted by atomic mass is 32.1. The van der Waals surface area contributed by atoms with Crippen LogP contribution in [-0.4, -0.2) is 24.4 Å². The summed E-state index contributed by atoms with van der Waals surface area (Å²) >= 11 is 4.48. The van der Waals surface area contributed by atoms with Gasteiger partial charge < -0.3 is 27.1 Å². The molecule has 4 nitrogen and oxygen atoms in total. The van der Waals surface area contributed by atoms with Gasteiger partial charge >= 0.3 is 0 Å². The third kappa shape index (κ3) is 2.06. The monoisotopic (exact) mass is 197 g/mol. The van der Waals surface area contributed by atoms with Crippen molar-refractivity contribution in [2.24, 2.45) is 0 Å². The summed E-state index contributed by atoms with van der Waals surface area (Å²) in [5.41, 5.74) is 0. The van der Waals surface area contributed by atoms with Gasteiger partial charge in [-0.15, -0.1) is 0 Å². The van der Waals surface area contributed by atoms with Crippen LogP contribution in [0.4, 0.5) is 10.6 Å². The summed E-state index contributed by atoms with van der Waals surface area (Å²) in [6.07, 6.45) is 1.58. The zero-order valence-electron chi connectivity index (χ0n) is 7.35. The fourth-order valence-electron chi connectivity index (χ4n) is 0.880. The molecule has 0 saturated carbocycles. The second kappa shape index (κ2) is 4.04. The van der Waals surface area contributed by atoms with Crippen LogP contribution < -0.4 is 9.64 Å². The maximum absolute atomic E-state index is 10.9. The summed E-state index contributed by atoms with van der Waals surface area (Å²) < 4.78 is 5.01. The second-order valence-electron chi connectivity index (χ2n) is 2.35. The standard InChI is InChI=1S/C8H10N2O2S/c1-10(8(11)13)7-6(12-2)4-3-5-9-7/h3-5H,1-2H3,(H,11,13)/p-1. The summed E-state index contributed by atoms with van der Waals surface area (Å²) in [5, 5.41) is -0.489. The Morgan fingerprint density at radius 2 is 2.38 bits per heavy atom. The van der Waals surface area contributed by atoms with E-state index in [1.54, 1.807) is 25.4 Å². The highest BCUT2D eigenvalue weighted by Crippen LogP contribution is 2.23. The minimum Gasteiger partial charge on any atom is -0.719 e. The van der Waals surface area contributed by atoms with Crippen molar-refractivity contribution in [2.75, 3.05) is 19.1 Å². The van der Waals surface area contributed by atoms with Gasteiger partial charge in [-0.3, -0.25) is 0 Å². The van der Waals surface area contributed by atoms with E-state index >= 15 is 0 Å². The zero-order chi connectivity index (χ0) is 9.84. The maximum Gasteiger partial charge on any atom is 0.176 e. The molecule has 1 aromatic heterocycles. The van der Waals surface area contributed by atoms with E-state index in [0.717, 1.165) is 0 Å². The molecule has 0 radical (unpaired) electrons. The number of aromatic nitrogens is 1. The average Bonchev–Trinajstić information content (AvgIpc) is 2.16. The molecule has 5 heteroatoms. The van der Waals surface area contributed by atoms with Crippen LogP contribution in [0.2, 0.25) is 0 Å². The van der Waals surface area contributed by atoms with Crippen LogP contribution in [0, 0.1) is 0 Å². The molecule has 0 aliphatic heterocycles. The molecule has 0 aromatic carbocycles. The summed E-state index contributed by atoms with van der Waals surface area (Å²) in [6.45, 7) is 0. The number of rotatable bonds is 2. The molecular weight excluding hydrogens is 188 g/mol.